The summed E-state index contributed by atoms with van der Waals surface area (Å²) < 4.78 is 0. The first-order valence-corrected chi connectivity index (χ1v) is 4.66. The Kier molecular flexibility index (Phi) is 4.46. The van der Waals surface area contributed by atoms with Crippen LogP contribution >= 0.6 is 0 Å². The van der Waals surface area contributed by atoms with Gasteiger partial charge in [-0.05, 0) is 26.2 Å². The molecule has 0 amide bonds. The van der Waals surface area contributed by atoms with Gasteiger partial charge in [0.05, 0.1) is 5.54 Å². The number of carbonyl (C=O) groups is 1. The third-order valence-corrected chi connectivity index (χ3v) is 1.90. The monoisotopic (exact) mass is 171 g/mol. The Morgan fingerprint density at radius 1 is 1.42 bits per heavy atom. The lowest BCUT2D eigenvalue weighted by Gasteiger charge is -2.16. The Labute approximate surface area is 75.5 Å². The van der Waals surface area contributed by atoms with Crippen molar-refractivity contribution in [1.82, 2.24) is 0 Å². The van der Waals surface area contributed by atoms with E-state index in [2.05, 4.69) is 13.8 Å². The van der Waals surface area contributed by atoms with E-state index in [0.717, 1.165) is 12.8 Å². The average molecular weight is 171 g/mol. The Balaban J connectivity index is 3.59. The average Bonchev–Trinajstić information content (AvgIpc) is 1.84. The highest BCUT2D eigenvalue weighted by atomic mass is 16.1. The Bertz CT molecular complexity index is 144. The van der Waals surface area contributed by atoms with Crippen LogP contribution in [0.3, 0.4) is 0 Å². The van der Waals surface area contributed by atoms with Crippen molar-refractivity contribution in [3.8, 4) is 0 Å². The lowest BCUT2D eigenvalue weighted by atomic mass is 9.95. The van der Waals surface area contributed by atoms with Crippen LogP contribution in [0.25, 0.3) is 0 Å². The highest BCUT2D eigenvalue weighted by Crippen LogP contribution is 2.10. The third-order valence-electron chi connectivity index (χ3n) is 1.90. The number of hydrogen-bond acceptors (Lipinski definition) is 2. The minimum absolute atomic E-state index is 0.170. The molecule has 0 aliphatic heterocycles. The summed E-state index contributed by atoms with van der Waals surface area (Å²) in [7, 11) is 0. The predicted octanol–water partition coefficient (Wildman–Crippen LogP) is 2.12. The summed E-state index contributed by atoms with van der Waals surface area (Å²) >= 11 is 0. The fourth-order valence-electron chi connectivity index (χ4n) is 0.993. The molecule has 0 aliphatic carbocycles. The molecule has 0 saturated carbocycles. The van der Waals surface area contributed by atoms with Gasteiger partial charge in [0.25, 0.3) is 0 Å². The first-order valence-electron chi connectivity index (χ1n) is 4.66. The van der Waals surface area contributed by atoms with E-state index in [1.54, 1.807) is 13.8 Å². The molecule has 2 heteroatoms. The molecule has 0 atom stereocenters. The second-order valence-electron chi connectivity index (χ2n) is 4.43. The van der Waals surface area contributed by atoms with Crippen LogP contribution < -0.4 is 5.73 Å². The van der Waals surface area contributed by atoms with Crippen molar-refractivity contribution >= 4 is 5.78 Å². The SMILES string of the molecule is CC(C)CCCC(=O)C(C)(C)N. The summed E-state index contributed by atoms with van der Waals surface area (Å²) in [5.41, 5.74) is 5.00. The molecule has 72 valence electrons. The van der Waals surface area contributed by atoms with Crippen molar-refractivity contribution in [2.24, 2.45) is 11.7 Å². The van der Waals surface area contributed by atoms with E-state index in [-0.39, 0.29) is 5.78 Å². The van der Waals surface area contributed by atoms with E-state index < -0.39 is 5.54 Å². The van der Waals surface area contributed by atoms with Crippen LogP contribution in [0.1, 0.15) is 47.0 Å². The second-order valence-corrected chi connectivity index (χ2v) is 4.43. The normalized spacial score (nSPS) is 12.2. The van der Waals surface area contributed by atoms with Gasteiger partial charge in [-0.2, -0.15) is 0 Å². The number of ketones is 1. The molecule has 2 nitrogen and oxygen atoms in total. The van der Waals surface area contributed by atoms with Crippen molar-refractivity contribution in [2.75, 3.05) is 0 Å². The zero-order chi connectivity index (χ0) is 9.78. The first kappa shape index (κ1) is 11.6. The van der Waals surface area contributed by atoms with E-state index in [4.69, 9.17) is 5.73 Å². The molecule has 0 unspecified atom stereocenters. The molecule has 0 aromatic carbocycles. The van der Waals surface area contributed by atoms with Gasteiger partial charge in [-0.15, -0.1) is 0 Å². The van der Waals surface area contributed by atoms with Gasteiger partial charge in [0.2, 0.25) is 0 Å². The van der Waals surface area contributed by atoms with Gasteiger partial charge in [-0.3, -0.25) is 4.79 Å². The summed E-state index contributed by atoms with van der Waals surface area (Å²) in [6, 6.07) is 0. The molecule has 12 heavy (non-hydrogen) atoms. The predicted molar refractivity (Wildman–Crippen MR) is 52.0 cm³/mol. The Morgan fingerprint density at radius 3 is 2.25 bits per heavy atom. The largest absolute Gasteiger partial charge is 0.319 e. The van der Waals surface area contributed by atoms with E-state index in [1.807, 2.05) is 0 Å². The maximum absolute atomic E-state index is 11.3. The summed E-state index contributed by atoms with van der Waals surface area (Å²) in [4.78, 5) is 11.3. The van der Waals surface area contributed by atoms with Crippen LogP contribution in [0, 0.1) is 5.92 Å². The van der Waals surface area contributed by atoms with E-state index in [0.29, 0.717) is 12.3 Å². The minimum atomic E-state index is -0.642. The number of nitrogens with two attached hydrogens (primary N) is 1. The van der Waals surface area contributed by atoms with Gasteiger partial charge in [-0.25, -0.2) is 0 Å². The maximum atomic E-state index is 11.3. The van der Waals surface area contributed by atoms with E-state index in [9.17, 15) is 4.79 Å². The Morgan fingerprint density at radius 2 is 1.92 bits per heavy atom. The standard InChI is InChI=1S/C10H21NO/c1-8(2)6-5-7-9(12)10(3,4)11/h8H,5-7,11H2,1-4H3. The van der Waals surface area contributed by atoms with Crippen LogP contribution in [0.5, 0.6) is 0 Å². The van der Waals surface area contributed by atoms with Crippen molar-refractivity contribution in [3.63, 3.8) is 0 Å². The smallest absolute Gasteiger partial charge is 0.152 e. The summed E-state index contributed by atoms with van der Waals surface area (Å²) in [6.45, 7) is 7.87. The van der Waals surface area contributed by atoms with Crippen LogP contribution in [-0.4, -0.2) is 11.3 Å². The van der Waals surface area contributed by atoms with Crippen molar-refractivity contribution in [3.05, 3.63) is 0 Å². The van der Waals surface area contributed by atoms with E-state index in [1.165, 1.54) is 0 Å². The molecule has 0 fully saturated rings. The number of rotatable bonds is 5. The molecule has 0 aromatic heterocycles. The second kappa shape index (κ2) is 4.61. The molecule has 0 spiro atoms. The van der Waals surface area contributed by atoms with Crippen LogP contribution in [0.15, 0.2) is 0 Å². The van der Waals surface area contributed by atoms with Crippen molar-refractivity contribution in [2.45, 2.75) is 52.5 Å². The quantitative estimate of drug-likeness (QED) is 0.688. The minimum Gasteiger partial charge on any atom is -0.319 e. The summed E-state index contributed by atoms with van der Waals surface area (Å²) in [5.74, 6) is 0.849. The molecular weight excluding hydrogens is 150 g/mol. The zero-order valence-corrected chi connectivity index (χ0v) is 8.68. The molecule has 0 saturated heterocycles. The fraction of sp³-hybridized carbons (Fsp3) is 0.900. The maximum Gasteiger partial charge on any atom is 0.152 e. The van der Waals surface area contributed by atoms with Crippen molar-refractivity contribution in [1.29, 1.82) is 0 Å². The molecule has 0 bridgehead atoms. The fourth-order valence-corrected chi connectivity index (χ4v) is 0.993. The summed E-state index contributed by atoms with van der Waals surface area (Å²) in [5, 5.41) is 0. The molecule has 0 aromatic rings. The number of carbonyl (C=O) groups excluding carboxylic acids is 1. The van der Waals surface area contributed by atoms with Crippen LogP contribution in [0.2, 0.25) is 0 Å². The molecule has 0 radical (unpaired) electrons. The first-order chi connectivity index (χ1) is 5.34. The summed E-state index contributed by atoms with van der Waals surface area (Å²) in [6.07, 6.45) is 2.71. The van der Waals surface area contributed by atoms with Gasteiger partial charge in [0, 0.05) is 6.42 Å². The number of hydrogen-bond donors (Lipinski definition) is 1. The highest BCUT2D eigenvalue weighted by Gasteiger charge is 2.20. The lowest BCUT2D eigenvalue weighted by molar-refractivity contribution is -0.123. The van der Waals surface area contributed by atoms with Gasteiger partial charge in [0.1, 0.15) is 0 Å². The van der Waals surface area contributed by atoms with Gasteiger partial charge >= 0.3 is 0 Å². The van der Waals surface area contributed by atoms with Gasteiger partial charge in [-0.1, -0.05) is 20.3 Å². The third kappa shape index (κ3) is 5.30. The molecule has 0 rings (SSSR count). The number of Topliss-reactive ketones (excluding diaryl/α,β-unsaturated/α-hetero) is 1. The molecule has 0 aliphatic rings. The van der Waals surface area contributed by atoms with E-state index >= 15 is 0 Å². The lowest BCUT2D eigenvalue weighted by Crippen LogP contribution is -2.41. The zero-order valence-electron chi connectivity index (χ0n) is 8.68. The molecule has 0 heterocycles. The van der Waals surface area contributed by atoms with Crippen LogP contribution in [-0.2, 0) is 4.79 Å². The topological polar surface area (TPSA) is 43.1 Å². The molecule has 2 N–H and O–H groups in total. The van der Waals surface area contributed by atoms with Gasteiger partial charge < -0.3 is 5.73 Å². The van der Waals surface area contributed by atoms with Crippen LogP contribution in [0.4, 0.5) is 0 Å². The van der Waals surface area contributed by atoms with Gasteiger partial charge in [0.15, 0.2) is 5.78 Å². The van der Waals surface area contributed by atoms with Crippen molar-refractivity contribution < 1.29 is 4.79 Å². The highest BCUT2D eigenvalue weighted by molar-refractivity contribution is 5.87. The molecular formula is C10H21NO. The Hall–Kier alpha value is -0.370.